The summed E-state index contributed by atoms with van der Waals surface area (Å²) in [7, 11) is 0. The molecular weight excluding hydrogens is 263 g/mol. The maximum absolute atomic E-state index is 13.5. The Labute approximate surface area is 127 Å². The van der Waals surface area contributed by atoms with E-state index in [1.807, 2.05) is 12.1 Å². The molecule has 2 aliphatic rings. The highest BCUT2D eigenvalue weighted by atomic mass is 19.1. The van der Waals surface area contributed by atoms with Crippen LogP contribution in [0.15, 0.2) is 24.3 Å². The molecule has 2 saturated carbocycles. The second-order valence-corrected chi connectivity index (χ2v) is 6.86. The van der Waals surface area contributed by atoms with Gasteiger partial charge in [0.15, 0.2) is 0 Å². The predicted molar refractivity (Wildman–Crippen MR) is 86.2 cm³/mol. The molecule has 0 heterocycles. The highest BCUT2D eigenvalue weighted by Gasteiger charge is 2.36. The van der Waals surface area contributed by atoms with Crippen LogP contribution in [0.3, 0.4) is 0 Å². The molecule has 3 heteroatoms. The van der Waals surface area contributed by atoms with E-state index in [1.165, 1.54) is 44.6 Å². The van der Waals surface area contributed by atoms with Crippen molar-refractivity contribution < 1.29 is 4.39 Å². The molecule has 2 nitrogen and oxygen atoms in total. The lowest BCUT2D eigenvalue weighted by Crippen LogP contribution is -2.43. The van der Waals surface area contributed by atoms with Crippen molar-refractivity contribution in [3.8, 4) is 0 Å². The first-order valence-corrected chi connectivity index (χ1v) is 8.45. The number of nitrogens with zero attached hydrogens (tertiary/aromatic N) is 1. The minimum Gasteiger partial charge on any atom is -0.371 e. The number of rotatable bonds is 7. The highest BCUT2D eigenvalue weighted by Crippen LogP contribution is 2.40. The third-order valence-corrected chi connectivity index (χ3v) is 5.09. The fraction of sp³-hybridized carbons (Fsp3) is 0.667. The number of anilines is 1. The van der Waals surface area contributed by atoms with Crippen molar-refractivity contribution in [2.45, 2.75) is 51.5 Å². The van der Waals surface area contributed by atoms with Crippen LogP contribution >= 0.6 is 0 Å². The summed E-state index contributed by atoms with van der Waals surface area (Å²) in [5, 5.41) is 3.73. The number of nitrogens with one attached hydrogen (secondary N) is 1. The molecule has 0 saturated heterocycles. The van der Waals surface area contributed by atoms with Gasteiger partial charge in [-0.05, 0) is 50.8 Å². The third-order valence-electron chi connectivity index (χ3n) is 5.09. The van der Waals surface area contributed by atoms with E-state index in [0.29, 0.717) is 5.41 Å². The summed E-state index contributed by atoms with van der Waals surface area (Å²) in [6.45, 7) is 5.28. The monoisotopic (exact) mass is 290 g/mol. The van der Waals surface area contributed by atoms with Crippen LogP contribution in [-0.4, -0.2) is 25.7 Å². The molecule has 116 valence electrons. The molecule has 1 aromatic rings. The summed E-state index contributed by atoms with van der Waals surface area (Å²) in [6.07, 6.45) is 7.98. The lowest BCUT2D eigenvalue weighted by Gasteiger charge is -2.36. The Kier molecular flexibility index (Phi) is 4.48. The van der Waals surface area contributed by atoms with Gasteiger partial charge in [-0.3, -0.25) is 0 Å². The summed E-state index contributed by atoms with van der Waals surface area (Å²) in [6, 6.07) is 7.81. The molecule has 3 rings (SSSR count). The van der Waals surface area contributed by atoms with Crippen molar-refractivity contribution in [2.24, 2.45) is 5.41 Å². The zero-order valence-electron chi connectivity index (χ0n) is 13.1. The highest BCUT2D eigenvalue weighted by molar-refractivity contribution is 5.46. The van der Waals surface area contributed by atoms with E-state index in [4.69, 9.17) is 0 Å². The van der Waals surface area contributed by atoms with E-state index in [-0.39, 0.29) is 5.82 Å². The standard InChI is InChI=1S/C18H27FN2/c1-2-21(17-7-5-6-15(19)12-17)14-18(10-3-4-11-18)13-20-16-8-9-16/h5-7,12,16,20H,2-4,8-11,13-14H2,1H3. The predicted octanol–water partition coefficient (Wildman–Crippen LogP) is 3.96. The van der Waals surface area contributed by atoms with Crippen molar-refractivity contribution in [3.63, 3.8) is 0 Å². The quantitative estimate of drug-likeness (QED) is 0.817. The minimum absolute atomic E-state index is 0.137. The first kappa shape index (κ1) is 14.8. The Morgan fingerprint density at radius 1 is 1.29 bits per heavy atom. The lowest BCUT2D eigenvalue weighted by molar-refractivity contribution is 0.282. The molecule has 0 atom stereocenters. The smallest absolute Gasteiger partial charge is 0.125 e. The van der Waals surface area contributed by atoms with Crippen LogP contribution in [0.5, 0.6) is 0 Å². The lowest BCUT2D eigenvalue weighted by atomic mass is 9.85. The van der Waals surface area contributed by atoms with Crippen molar-refractivity contribution in [1.82, 2.24) is 5.32 Å². The third kappa shape index (κ3) is 3.76. The van der Waals surface area contributed by atoms with Crippen molar-refractivity contribution in [2.75, 3.05) is 24.5 Å². The van der Waals surface area contributed by atoms with Gasteiger partial charge in [-0.2, -0.15) is 0 Å². The molecule has 0 aliphatic heterocycles. The van der Waals surface area contributed by atoms with Crippen LogP contribution in [0.1, 0.15) is 45.4 Å². The van der Waals surface area contributed by atoms with Crippen LogP contribution in [0.4, 0.5) is 10.1 Å². The summed E-state index contributed by atoms with van der Waals surface area (Å²) >= 11 is 0. The molecule has 0 amide bonds. The Morgan fingerprint density at radius 3 is 2.67 bits per heavy atom. The summed E-state index contributed by atoms with van der Waals surface area (Å²) in [5.41, 5.74) is 1.40. The number of halogens is 1. The van der Waals surface area contributed by atoms with E-state index in [9.17, 15) is 4.39 Å². The maximum Gasteiger partial charge on any atom is 0.125 e. The van der Waals surface area contributed by atoms with Gasteiger partial charge in [-0.15, -0.1) is 0 Å². The molecule has 0 bridgehead atoms. The molecule has 0 unspecified atom stereocenters. The van der Waals surface area contributed by atoms with Gasteiger partial charge < -0.3 is 10.2 Å². The Bertz CT molecular complexity index is 464. The average Bonchev–Trinajstić information content (AvgIpc) is 3.22. The zero-order chi connectivity index (χ0) is 14.7. The Hall–Kier alpha value is -1.09. The van der Waals surface area contributed by atoms with Gasteiger partial charge in [0.25, 0.3) is 0 Å². The fourth-order valence-corrected chi connectivity index (χ4v) is 3.63. The Balaban J connectivity index is 1.70. The largest absolute Gasteiger partial charge is 0.371 e. The van der Waals surface area contributed by atoms with Gasteiger partial charge in [-0.25, -0.2) is 4.39 Å². The summed E-state index contributed by atoms with van der Waals surface area (Å²) in [5.74, 6) is -0.137. The van der Waals surface area contributed by atoms with E-state index in [0.717, 1.165) is 31.4 Å². The minimum atomic E-state index is -0.137. The molecule has 0 radical (unpaired) electrons. The van der Waals surface area contributed by atoms with Crippen LogP contribution in [0.25, 0.3) is 0 Å². The van der Waals surface area contributed by atoms with E-state index in [1.54, 1.807) is 6.07 Å². The van der Waals surface area contributed by atoms with Crippen LogP contribution in [-0.2, 0) is 0 Å². The van der Waals surface area contributed by atoms with Gasteiger partial charge in [-0.1, -0.05) is 18.9 Å². The van der Waals surface area contributed by atoms with Gasteiger partial charge in [0.05, 0.1) is 0 Å². The summed E-state index contributed by atoms with van der Waals surface area (Å²) < 4.78 is 13.5. The SMILES string of the molecule is CCN(CC1(CNC2CC2)CCCC1)c1cccc(F)c1. The number of hydrogen-bond donors (Lipinski definition) is 1. The maximum atomic E-state index is 13.5. The van der Waals surface area contributed by atoms with Crippen LogP contribution in [0.2, 0.25) is 0 Å². The Morgan fingerprint density at radius 2 is 2.05 bits per heavy atom. The number of hydrogen-bond acceptors (Lipinski definition) is 2. The summed E-state index contributed by atoms with van der Waals surface area (Å²) in [4.78, 5) is 2.35. The first-order chi connectivity index (χ1) is 10.2. The topological polar surface area (TPSA) is 15.3 Å². The zero-order valence-corrected chi connectivity index (χ0v) is 13.1. The van der Waals surface area contributed by atoms with E-state index >= 15 is 0 Å². The molecule has 2 aliphatic carbocycles. The van der Waals surface area contributed by atoms with E-state index < -0.39 is 0 Å². The molecule has 0 spiro atoms. The van der Waals surface area contributed by atoms with Gasteiger partial charge in [0.1, 0.15) is 5.82 Å². The van der Waals surface area contributed by atoms with E-state index in [2.05, 4.69) is 17.1 Å². The van der Waals surface area contributed by atoms with Crippen LogP contribution in [0, 0.1) is 11.2 Å². The second-order valence-electron chi connectivity index (χ2n) is 6.86. The van der Waals surface area contributed by atoms with Crippen molar-refractivity contribution in [1.29, 1.82) is 0 Å². The van der Waals surface area contributed by atoms with Crippen LogP contribution < -0.4 is 10.2 Å². The average molecular weight is 290 g/mol. The molecular formula is C18H27FN2. The van der Waals surface area contributed by atoms with Gasteiger partial charge in [0.2, 0.25) is 0 Å². The molecule has 0 aromatic heterocycles. The molecule has 1 N–H and O–H groups in total. The molecule has 2 fully saturated rings. The molecule has 1 aromatic carbocycles. The van der Waals surface area contributed by atoms with Crippen molar-refractivity contribution >= 4 is 5.69 Å². The second kappa shape index (κ2) is 6.35. The normalized spacial score (nSPS) is 20.7. The van der Waals surface area contributed by atoms with Crippen molar-refractivity contribution in [3.05, 3.63) is 30.1 Å². The molecule has 21 heavy (non-hydrogen) atoms. The number of benzene rings is 1. The first-order valence-electron chi connectivity index (χ1n) is 8.45. The fourth-order valence-electron chi connectivity index (χ4n) is 3.63. The van der Waals surface area contributed by atoms with Gasteiger partial charge in [0, 0.05) is 36.8 Å². The van der Waals surface area contributed by atoms with Gasteiger partial charge >= 0.3 is 0 Å².